The third-order valence-corrected chi connectivity index (χ3v) is 4.47. The van der Waals surface area contributed by atoms with Crippen LogP contribution >= 0.6 is 0 Å². The molecule has 2 aromatic carbocycles. The van der Waals surface area contributed by atoms with Crippen molar-refractivity contribution in [3.63, 3.8) is 0 Å². The van der Waals surface area contributed by atoms with Gasteiger partial charge in [-0.3, -0.25) is 0 Å². The summed E-state index contributed by atoms with van der Waals surface area (Å²) in [6.45, 7) is 5.65. The molecule has 7 nitrogen and oxygen atoms in total. The van der Waals surface area contributed by atoms with E-state index >= 15 is 0 Å². The summed E-state index contributed by atoms with van der Waals surface area (Å²) in [6.07, 6.45) is 2.56. The number of ether oxygens (including phenoxy) is 7. The average Bonchev–Trinajstić information content (AvgIpc) is 3.39. The van der Waals surface area contributed by atoms with Crippen molar-refractivity contribution in [1.82, 2.24) is 0 Å². The molecule has 174 valence electrons. The van der Waals surface area contributed by atoms with Gasteiger partial charge in [-0.2, -0.15) is 0 Å². The van der Waals surface area contributed by atoms with Crippen molar-refractivity contribution in [2.75, 3.05) is 66.1 Å². The van der Waals surface area contributed by atoms with Crippen LogP contribution in [0.5, 0.6) is 23.0 Å². The molecule has 2 aliphatic heterocycles. The van der Waals surface area contributed by atoms with Crippen LogP contribution in [0, 0.1) is 0 Å². The van der Waals surface area contributed by atoms with E-state index in [2.05, 4.69) is 0 Å². The molecule has 0 unspecified atom stereocenters. The van der Waals surface area contributed by atoms with E-state index < -0.39 is 0 Å². The largest absolute Gasteiger partial charge is 1.00 e. The molecule has 0 saturated carbocycles. The van der Waals surface area contributed by atoms with Crippen LogP contribution in [0.15, 0.2) is 48.5 Å². The minimum atomic E-state index is 0. The molecule has 4 rings (SSSR count). The summed E-state index contributed by atoms with van der Waals surface area (Å²) < 4.78 is 39.0. The summed E-state index contributed by atoms with van der Waals surface area (Å²) in [5.74, 6) is 2.80. The molecule has 9 heteroatoms. The van der Waals surface area contributed by atoms with Crippen LogP contribution in [0.4, 0.5) is 0 Å². The van der Waals surface area contributed by atoms with Crippen LogP contribution in [0.25, 0.3) is 0 Å². The molecule has 0 bridgehead atoms. The molecule has 0 spiro atoms. The fourth-order valence-electron chi connectivity index (χ4n) is 2.93. The van der Waals surface area contributed by atoms with Gasteiger partial charge in [-0.1, -0.05) is 24.3 Å². The zero-order valence-corrected chi connectivity index (χ0v) is 22.7. The summed E-state index contributed by atoms with van der Waals surface area (Å²) >= 11 is 0. The third kappa shape index (κ3) is 12.5. The Hall–Kier alpha value is -0.779. The van der Waals surface area contributed by atoms with Gasteiger partial charge in [-0.15, -0.1) is 0 Å². The number of hydrogen-bond acceptors (Lipinski definition) is 7. The van der Waals surface area contributed by atoms with Crippen LogP contribution in [0.1, 0.15) is 12.8 Å². The number of hydrogen-bond donors (Lipinski definition) is 0. The predicted molar refractivity (Wildman–Crippen MR) is 122 cm³/mol. The third-order valence-electron chi connectivity index (χ3n) is 4.47. The van der Waals surface area contributed by atoms with Gasteiger partial charge < -0.3 is 41.6 Å². The molecular weight excluding hydrogens is 450 g/mol. The van der Waals surface area contributed by atoms with Gasteiger partial charge in [0.05, 0.1) is 26.4 Å². The second-order valence-corrected chi connectivity index (χ2v) is 6.83. The van der Waals surface area contributed by atoms with Gasteiger partial charge >= 0.3 is 51.4 Å². The zero-order chi connectivity index (χ0) is 21.4. The first-order chi connectivity index (χ1) is 15.4. The molecule has 2 heterocycles. The smallest absolute Gasteiger partial charge is 1.00 e. The van der Waals surface area contributed by atoms with E-state index in [9.17, 15) is 0 Å². The monoisotopic (exact) mass is 482 g/mol. The Kier molecular flexibility index (Phi) is 17.9. The van der Waals surface area contributed by atoms with E-state index in [4.69, 9.17) is 33.2 Å². The van der Waals surface area contributed by atoms with Crippen LogP contribution in [-0.2, 0) is 14.2 Å². The Labute approximate surface area is 241 Å². The van der Waals surface area contributed by atoms with Gasteiger partial charge in [0.2, 0.25) is 0 Å². The van der Waals surface area contributed by atoms with E-state index in [1.54, 1.807) is 0 Å². The molecule has 33 heavy (non-hydrogen) atoms. The molecule has 0 amide bonds. The van der Waals surface area contributed by atoms with Crippen molar-refractivity contribution in [2.45, 2.75) is 12.8 Å². The maximum atomic E-state index is 5.74. The van der Waals surface area contributed by atoms with Gasteiger partial charge in [0.15, 0.2) is 23.0 Å². The summed E-state index contributed by atoms with van der Waals surface area (Å²) in [6, 6.07) is 15.2. The Bertz CT molecular complexity index is 627. The first-order valence-electron chi connectivity index (χ1n) is 10.9. The van der Waals surface area contributed by atoms with Crippen molar-refractivity contribution in [3.05, 3.63) is 48.5 Å². The summed E-state index contributed by atoms with van der Waals surface area (Å²) in [7, 11) is 0. The normalized spacial score (nSPS) is 17.0. The first-order valence-corrected chi connectivity index (χ1v) is 10.9. The number of para-hydroxylation sites is 4. The van der Waals surface area contributed by atoms with Gasteiger partial charge in [-0.05, 0) is 37.1 Å². The van der Waals surface area contributed by atoms with Gasteiger partial charge in [0.25, 0.3) is 0 Å². The predicted octanol–water partition coefficient (Wildman–Crippen LogP) is 0.369. The first kappa shape index (κ1) is 30.3. The quantitative estimate of drug-likeness (QED) is 0.503. The van der Waals surface area contributed by atoms with Crippen molar-refractivity contribution in [2.24, 2.45) is 0 Å². The SMILES string of the molecule is C1CCOC1.[B-].[K+].c1ccc2c(c1)OCCOCCOc1ccccc1OCCOCCO2. The van der Waals surface area contributed by atoms with Gasteiger partial charge in [-0.25, -0.2) is 0 Å². The number of fused-ring (bicyclic) bond motifs is 2. The minimum absolute atomic E-state index is 0. The van der Waals surface area contributed by atoms with Crippen LogP contribution in [0.3, 0.4) is 0 Å². The fraction of sp³-hybridized carbons (Fsp3) is 0.500. The summed E-state index contributed by atoms with van der Waals surface area (Å²) in [5, 5.41) is 0. The van der Waals surface area contributed by atoms with Crippen LogP contribution < -0.4 is 70.3 Å². The molecule has 1 saturated heterocycles. The maximum absolute atomic E-state index is 5.74. The van der Waals surface area contributed by atoms with Crippen molar-refractivity contribution >= 4 is 8.41 Å². The second kappa shape index (κ2) is 19.5. The standard InChI is InChI=1S/C20H24O6.C4H8O.B.K/c1-2-6-18-17(5-1)23-13-9-21-11-15-25-19-7-3-4-8-20(19)26-16-12-22-10-14-24-18;1-2-4-5-3-1;;/h1-8H,9-16H2;1-4H2;;/q;;-1;+1. The molecule has 0 atom stereocenters. The summed E-state index contributed by atoms with van der Waals surface area (Å²) in [5.41, 5.74) is 0. The molecule has 2 aliphatic rings. The molecular formula is C24H32BKO7. The molecule has 4 radical (unpaired) electrons. The van der Waals surface area contributed by atoms with Crippen molar-refractivity contribution in [3.8, 4) is 23.0 Å². The zero-order valence-electron chi connectivity index (χ0n) is 19.5. The topological polar surface area (TPSA) is 64.6 Å². The maximum Gasteiger partial charge on any atom is 1.00 e. The molecule has 0 aliphatic carbocycles. The van der Waals surface area contributed by atoms with E-state index in [0.717, 1.165) is 13.2 Å². The van der Waals surface area contributed by atoms with Gasteiger partial charge in [0.1, 0.15) is 26.4 Å². The molecule has 0 N–H and O–H groups in total. The minimum Gasteiger partial charge on any atom is -1.00 e. The van der Waals surface area contributed by atoms with E-state index in [1.165, 1.54) is 12.8 Å². The average molecular weight is 482 g/mol. The molecule has 1 fully saturated rings. The molecule has 2 aromatic rings. The van der Waals surface area contributed by atoms with E-state index in [1.807, 2.05) is 48.5 Å². The van der Waals surface area contributed by atoms with Crippen LogP contribution in [0.2, 0.25) is 0 Å². The van der Waals surface area contributed by atoms with Crippen LogP contribution in [-0.4, -0.2) is 74.5 Å². The second-order valence-electron chi connectivity index (χ2n) is 6.83. The Morgan fingerprint density at radius 3 is 0.909 bits per heavy atom. The van der Waals surface area contributed by atoms with Crippen molar-refractivity contribution < 1.29 is 84.5 Å². The van der Waals surface area contributed by atoms with E-state index in [0.29, 0.717) is 75.9 Å². The van der Waals surface area contributed by atoms with E-state index in [-0.39, 0.29) is 59.8 Å². The number of rotatable bonds is 0. The fourth-order valence-corrected chi connectivity index (χ4v) is 2.93. The number of benzene rings is 2. The Balaban J connectivity index is 0.000000689. The summed E-state index contributed by atoms with van der Waals surface area (Å²) in [4.78, 5) is 0. The Morgan fingerprint density at radius 1 is 0.394 bits per heavy atom. The van der Waals surface area contributed by atoms with Gasteiger partial charge in [0, 0.05) is 13.2 Å². The van der Waals surface area contributed by atoms with Crippen molar-refractivity contribution in [1.29, 1.82) is 0 Å². The Morgan fingerprint density at radius 2 is 0.667 bits per heavy atom. The molecule has 0 aromatic heterocycles.